The highest BCUT2D eigenvalue weighted by Gasteiger charge is 2.20. The van der Waals surface area contributed by atoms with Crippen LogP contribution in [0.4, 0.5) is 26.2 Å². The van der Waals surface area contributed by atoms with E-state index in [2.05, 4.69) is 39.6 Å². The van der Waals surface area contributed by atoms with Gasteiger partial charge in [0.1, 0.15) is 5.82 Å². The lowest BCUT2D eigenvalue weighted by molar-refractivity contribution is 0.0949. The minimum atomic E-state index is -0.502. The Balaban J connectivity index is 1.72. The molecule has 0 radical (unpaired) electrons. The van der Waals surface area contributed by atoms with Crippen molar-refractivity contribution in [2.75, 3.05) is 54.8 Å². The normalized spacial score (nSPS) is 13.3. The van der Waals surface area contributed by atoms with E-state index in [1.807, 2.05) is 6.07 Å². The predicted molar refractivity (Wildman–Crippen MR) is 127 cm³/mol. The minimum Gasteiger partial charge on any atom is -0.371 e. The molecule has 3 amide bonds. The number of carbonyl (C=O) groups excluding carboxylic acids is 2. The monoisotopic (exact) mass is 441 g/mol. The van der Waals surface area contributed by atoms with Crippen molar-refractivity contribution in [1.29, 1.82) is 0 Å². The Labute approximate surface area is 189 Å². The van der Waals surface area contributed by atoms with E-state index in [9.17, 15) is 14.0 Å². The third-order valence-electron chi connectivity index (χ3n) is 5.64. The van der Waals surface area contributed by atoms with Crippen molar-refractivity contribution in [1.82, 2.24) is 10.2 Å². The van der Waals surface area contributed by atoms with Crippen molar-refractivity contribution in [2.45, 2.75) is 26.7 Å². The molecule has 7 nitrogen and oxygen atoms in total. The second-order valence-corrected chi connectivity index (χ2v) is 7.80. The van der Waals surface area contributed by atoms with Gasteiger partial charge in [-0.15, -0.1) is 0 Å². The number of hydrogen-bond donors (Lipinski definition) is 3. The zero-order chi connectivity index (χ0) is 22.9. The first-order valence-electron chi connectivity index (χ1n) is 11.2. The standard InChI is InChI=1S/C24H32FN5O2/c1-3-29(4-2)15-12-26-23(31)21-17-20(10-11-22(21)30-13-5-6-14-30)28-24(32)27-19-9-7-8-18(25)16-19/h7-11,16-17H,3-6,12-15H2,1-2H3,(H,26,31)(H2,27,28,32). The third-order valence-corrected chi connectivity index (χ3v) is 5.64. The molecule has 0 unspecified atom stereocenters. The van der Waals surface area contributed by atoms with Crippen molar-refractivity contribution in [3.63, 3.8) is 0 Å². The highest BCUT2D eigenvalue weighted by molar-refractivity contribution is 6.04. The van der Waals surface area contributed by atoms with E-state index in [1.165, 1.54) is 18.2 Å². The van der Waals surface area contributed by atoms with Crippen molar-refractivity contribution in [3.05, 3.63) is 53.8 Å². The fourth-order valence-corrected chi connectivity index (χ4v) is 3.85. The first-order chi connectivity index (χ1) is 15.5. The zero-order valence-electron chi connectivity index (χ0n) is 18.8. The van der Waals surface area contributed by atoms with E-state index >= 15 is 0 Å². The number of nitrogens with zero attached hydrogens (tertiary/aromatic N) is 2. The maximum absolute atomic E-state index is 13.4. The van der Waals surface area contributed by atoms with Gasteiger partial charge in [-0.05, 0) is 62.3 Å². The van der Waals surface area contributed by atoms with Gasteiger partial charge < -0.3 is 25.8 Å². The molecule has 0 saturated carbocycles. The van der Waals surface area contributed by atoms with Crippen LogP contribution in [0.5, 0.6) is 0 Å². The quantitative estimate of drug-likeness (QED) is 0.547. The molecule has 0 aromatic heterocycles. The van der Waals surface area contributed by atoms with Gasteiger partial charge in [-0.3, -0.25) is 4.79 Å². The van der Waals surface area contributed by atoms with Gasteiger partial charge in [-0.25, -0.2) is 9.18 Å². The van der Waals surface area contributed by atoms with Crippen molar-refractivity contribution in [3.8, 4) is 0 Å². The molecule has 0 bridgehead atoms. The van der Waals surface area contributed by atoms with Crippen LogP contribution in [0.2, 0.25) is 0 Å². The summed E-state index contributed by atoms with van der Waals surface area (Å²) < 4.78 is 13.4. The van der Waals surface area contributed by atoms with Gasteiger partial charge in [0.25, 0.3) is 5.91 Å². The highest BCUT2D eigenvalue weighted by atomic mass is 19.1. The zero-order valence-corrected chi connectivity index (χ0v) is 18.8. The molecule has 2 aromatic carbocycles. The topological polar surface area (TPSA) is 76.7 Å². The second-order valence-electron chi connectivity index (χ2n) is 7.80. The molecule has 1 aliphatic heterocycles. The first-order valence-corrected chi connectivity index (χ1v) is 11.2. The summed E-state index contributed by atoms with van der Waals surface area (Å²) in [7, 11) is 0. The molecule has 1 saturated heterocycles. The molecule has 2 aromatic rings. The SMILES string of the molecule is CCN(CC)CCNC(=O)c1cc(NC(=O)Nc2cccc(F)c2)ccc1N1CCCC1. The molecule has 8 heteroatoms. The highest BCUT2D eigenvalue weighted by Crippen LogP contribution is 2.27. The van der Waals surface area contributed by atoms with Crippen LogP contribution in [0.15, 0.2) is 42.5 Å². The molecule has 3 rings (SSSR count). The van der Waals surface area contributed by atoms with E-state index in [-0.39, 0.29) is 5.91 Å². The number of benzene rings is 2. The van der Waals surface area contributed by atoms with Gasteiger partial charge in [-0.2, -0.15) is 0 Å². The first kappa shape index (κ1) is 23.5. The summed E-state index contributed by atoms with van der Waals surface area (Å²) >= 11 is 0. The van der Waals surface area contributed by atoms with Gasteiger partial charge in [0, 0.05) is 43.2 Å². The summed E-state index contributed by atoms with van der Waals surface area (Å²) in [6.45, 7) is 9.22. The predicted octanol–water partition coefficient (Wildman–Crippen LogP) is 4.14. The third kappa shape index (κ3) is 6.43. The van der Waals surface area contributed by atoms with Crippen LogP contribution in [0, 0.1) is 5.82 Å². The number of urea groups is 1. The summed E-state index contributed by atoms with van der Waals surface area (Å²) in [5.41, 5.74) is 2.26. The second kappa shape index (κ2) is 11.5. The lowest BCUT2D eigenvalue weighted by atomic mass is 10.1. The Morgan fingerprint density at radius 2 is 1.69 bits per heavy atom. The maximum Gasteiger partial charge on any atom is 0.323 e. The van der Waals surface area contributed by atoms with Crippen LogP contribution in [-0.2, 0) is 0 Å². The van der Waals surface area contributed by atoms with E-state index in [0.29, 0.717) is 23.5 Å². The number of nitrogens with one attached hydrogen (secondary N) is 3. The van der Waals surface area contributed by atoms with Crippen molar-refractivity contribution >= 4 is 29.0 Å². The molecule has 172 valence electrons. The van der Waals surface area contributed by atoms with Crippen LogP contribution in [0.25, 0.3) is 0 Å². The summed E-state index contributed by atoms with van der Waals surface area (Å²) in [5.74, 6) is -0.588. The molecule has 1 heterocycles. The molecule has 1 fully saturated rings. The smallest absolute Gasteiger partial charge is 0.323 e. The van der Waals surface area contributed by atoms with Gasteiger partial charge in [-0.1, -0.05) is 19.9 Å². The number of carbonyl (C=O) groups is 2. The fraction of sp³-hybridized carbons (Fsp3) is 0.417. The lowest BCUT2D eigenvalue weighted by Gasteiger charge is -2.23. The number of likely N-dealkylation sites (N-methyl/N-ethyl adjacent to an activating group) is 1. The minimum absolute atomic E-state index is 0.159. The number of hydrogen-bond acceptors (Lipinski definition) is 4. The molecule has 32 heavy (non-hydrogen) atoms. The van der Waals surface area contributed by atoms with Crippen LogP contribution in [0.1, 0.15) is 37.0 Å². The summed E-state index contributed by atoms with van der Waals surface area (Å²) in [6, 6.07) is 10.5. The van der Waals surface area contributed by atoms with Crippen LogP contribution < -0.4 is 20.9 Å². The average molecular weight is 442 g/mol. The largest absolute Gasteiger partial charge is 0.371 e. The fourth-order valence-electron chi connectivity index (χ4n) is 3.85. The molecule has 0 spiro atoms. The molecule has 1 aliphatic rings. The van der Waals surface area contributed by atoms with Gasteiger partial charge in [0.15, 0.2) is 0 Å². The van der Waals surface area contributed by atoms with E-state index in [1.54, 1.807) is 18.2 Å². The van der Waals surface area contributed by atoms with Gasteiger partial charge in [0.2, 0.25) is 0 Å². The summed E-state index contributed by atoms with van der Waals surface area (Å²) in [5, 5.41) is 8.35. The van der Waals surface area contributed by atoms with Gasteiger partial charge >= 0.3 is 6.03 Å². The number of anilines is 3. The molecule has 3 N–H and O–H groups in total. The molecule has 0 aliphatic carbocycles. The summed E-state index contributed by atoms with van der Waals surface area (Å²) in [4.78, 5) is 29.8. The molecule has 0 atom stereocenters. The Bertz CT molecular complexity index is 926. The van der Waals surface area contributed by atoms with Crippen LogP contribution >= 0.6 is 0 Å². The van der Waals surface area contributed by atoms with E-state index < -0.39 is 11.8 Å². The van der Waals surface area contributed by atoms with Crippen molar-refractivity contribution in [2.24, 2.45) is 0 Å². The Morgan fingerprint density at radius 1 is 1.00 bits per heavy atom. The number of amides is 3. The Morgan fingerprint density at radius 3 is 2.34 bits per heavy atom. The van der Waals surface area contributed by atoms with E-state index in [4.69, 9.17) is 0 Å². The lowest BCUT2D eigenvalue weighted by Crippen LogP contribution is -2.35. The van der Waals surface area contributed by atoms with E-state index in [0.717, 1.165) is 51.3 Å². The average Bonchev–Trinajstić information content (AvgIpc) is 3.31. The van der Waals surface area contributed by atoms with Crippen molar-refractivity contribution < 1.29 is 14.0 Å². The maximum atomic E-state index is 13.4. The molecular weight excluding hydrogens is 409 g/mol. The van der Waals surface area contributed by atoms with Gasteiger partial charge in [0.05, 0.1) is 5.56 Å². The number of rotatable bonds is 9. The number of halogens is 1. The Hall–Kier alpha value is -3.13. The van der Waals surface area contributed by atoms with Crippen LogP contribution in [0.3, 0.4) is 0 Å². The van der Waals surface area contributed by atoms with Crippen LogP contribution in [-0.4, -0.2) is 56.1 Å². The Kier molecular flexibility index (Phi) is 8.44. The summed E-state index contributed by atoms with van der Waals surface area (Å²) in [6.07, 6.45) is 2.19. The molecular formula is C24H32FN5O2.